The number of carbonyl (C=O) groups is 1. The number of piperidine rings is 1. The molecule has 0 bridgehead atoms. The highest BCUT2D eigenvalue weighted by Gasteiger charge is 2.23. The van der Waals surface area contributed by atoms with Crippen LogP contribution in [0.15, 0.2) is 24.3 Å². The summed E-state index contributed by atoms with van der Waals surface area (Å²) in [6.07, 6.45) is 2.01. The summed E-state index contributed by atoms with van der Waals surface area (Å²) < 4.78 is 1.93. The van der Waals surface area contributed by atoms with Crippen LogP contribution in [0, 0.1) is 0 Å². The maximum atomic E-state index is 12.6. The van der Waals surface area contributed by atoms with Crippen LogP contribution in [0.1, 0.15) is 43.2 Å². The summed E-state index contributed by atoms with van der Waals surface area (Å²) in [4.78, 5) is 14.9. The lowest BCUT2D eigenvalue weighted by molar-refractivity contribution is 0.0912. The Hall–Kier alpha value is -1.88. The Morgan fingerprint density at radius 1 is 1.27 bits per heavy atom. The smallest absolute Gasteiger partial charge is 0.272 e. The van der Waals surface area contributed by atoms with Crippen LogP contribution in [0.3, 0.4) is 0 Å². The highest BCUT2D eigenvalue weighted by molar-refractivity contribution is 6.05. The van der Waals surface area contributed by atoms with Crippen molar-refractivity contribution in [1.82, 2.24) is 20.0 Å². The van der Waals surface area contributed by atoms with Gasteiger partial charge in [0, 0.05) is 17.5 Å². The molecule has 1 N–H and O–H groups in total. The molecule has 1 amide bonds. The van der Waals surface area contributed by atoms with Crippen molar-refractivity contribution in [2.45, 2.75) is 38.8 Å². The van der Waals surface area contributed by atoms with Crippen LogP contribution >= 0.6 is 0 Å². The number of hydrogen-bond acceptors (Lipinski definition) is 3. The zero-order valence-corrected chi connectivity index (χ0v) is 13.5. The SMILES string of the molecule is CC(C)n1nc(C(=O)NC2CCN(C)CC2)c2ccccc21. The molecular formula is C17H24N4O. The number of likely N-dealkylation sites (tertiary alicyclic amines) is 1. The number of para-hydroxylation sites is 1. The number of nitrogens with one attached hydrogen (secondary N) is 1. The Kier molecular flexibility index (Phi) is 4.16. The first-order valence-corrected chi connectivity index (χ1v) is 8.03. The van der Waals surface area contributed by atoms with Crippen LogP contribution in [-0.2, 0) is 0 Å². The van der Waals surface area contributed by atoms with Crippen molar-refractivity contribution in [2.75, 3.05) is 20.1 Å². The van der Waals surface area contributed by atoms with Gasteiger partial charge in [0.25, 0.3) is 5.91 Å². The first-order chi connectivity index (χ1) is 10.6. The molecule has 2 heterocycles. The molecule has 0 saturated carbocycles. The average molecular weight is 300 g/mol. The maximum Gasteiger partial charge on any atom is 0.272 e. The predicted octanol–water partition coefficient (Wildman–Crippen LogP) is 2.44. The lowest BCUT2D eigenvalue weighted by Crippen LogP contribution is -2.43. The lowest BCUT2D eigenvalue weighted by atomic mass is 10.1. The third-order valence-electron chi connectivity index (χ3n) is 4.37. The molecule has 118 valence electrons. The van der Waals surface area contributed by atoms with E-state index in [4.69, 9.17) is 0 Å². The number of nitrogens with zero attached hydrogens (tertiary/aromatic N) is 3. The summed E-state index contributed by atoms with van der Waals surface area (Å²) in [6.45, 7) is 6.23. The molecule has 0 spiro atoms. The molecule has 3 rings (SSSR count). The summed E-state index contributed by atoms with van der Waals surface area (Å²) in [5.74, 6) is -0.0508. The van der Waals surface area contributed by atoms with Crippen LogP contribution in [0.25, 0.3) is 10.9 Å². The fourth-order valence-electron chi connectivity index (χ4n) is 3.06. The summed E-state index contributed by atoms with van der Waals surface area (Å²) >= 11 is 0. The van der Waals surface area contributed by atoms with Gasteiger partial charge in [-0.05, 0) is 52.9 Å². The zero-order chi connectivity index (χ0) is 15.7. The van der Waals surface area contributed by atoms with Gasteiger partial charge in [0.2, 0.25) is 0 Å². The van der Waals surface area contributed by atoms with Gasteiger partial charge in [0.1, 0.15) is 0 Å². The zero-order valence-electron chi connectivity index (χ0n) is 13.5. The fourth-order valence-corrected chi connectivity index (χ4v) is 3.06. The van der Waals surface area contributed by atoms with Crippen LogP contribution in [0.4, 0.5) is 0 Å². The Morgan fingerprint density at radius 2 is 1.95 bits per heavy atom. The molecule has 1 fully saturated rings. The molecule has 5 nitrogen and oxygen atoms in total. The van der Waals surface area contributed by atoms with Crippen molar-refractivity contribution in [3.05, 3.63) is 30.0 Å². The molecule has 1 saturated heterocycles. The van der Waals surface area contributed by atoms with Gasteiger partial charge >= 0.3 is 0 Å². The van der Waals surface area contributed by atoms with E-state index in [9.17, 15) is 4.79 Å². The van der Waals surface area contributed by atoms with E-state index < -0.39 is 0 Å². The Morgan fingerprint density at radius 3 is 2.64 bits per heavy atom. The van der Waals surface area contributed by atoms with Crippen molar-refractivity contribution in [3.8, 4) is 0 Å². The topological polar surface area (TPSA) is 50.2 Å². The minimum absolute atomic E-state index is 0.0508. The number of amides is 1. The molecule has 0 aliphatic carbocycles. The molecule has 1 aromatic carbocycles. The molecule has 1 aromatic heterocycles. The van der Waals surface area contributed by atoms with Gasteiger partial charge in [-0.1, -0.05) is 18.2 Å². The number of fused-ring (bicyclic) bond motifs is 1. The van der Waals surface area contributed by atoms with Gasteiger partial charge in [0.15, 0.2) is 5.69 Å². The summed E-state index contributed by atoms with van der Waals surface area (Å²) in [5, 5.41) is 8.65. The van der Waals surface area contributed by atoms with Crippen LogP contribution in [0.5, 0.6) is 0 Å². The van der Waals surface area contributed by atoms with Gasteiger partial charge in [-0.25, -0.2) is 0 Å². The first kappa shape index (κ1) is 15.0. The molecule has 2 aromatic rings. The number of rotatable bonds is 3. The summed E-state index contributed by atoms with van der Waals surface area (Å²) in [7, 11) is 2.12. The molecule has 0 radical (unpaired) electrons. The van der Waals surface area contributed by atoms with Crippen molar-refractivity contribution >= 4 is 16.8 Å². The van der Waals surface area contributed by atoms with Crippen molar-refractivity contribution in [1.29, 1.82) is 0 Å². The van der Waals surface area contributed by atoms with E-state index in [0.29, 0.717) is 5.69 Å². The number of carbonyl (C=O) groups excluding carboxylic acids is 1. The van der Waals surface area contributed by atoms with E-state index in [1.54, 1.807) is 0 Å². The molecule has 22 heavy (non-hydrogen) atoms. The molecule has 1 aliphatic rings. The van der Waals surface area contributed by atoms with Gasteiger partial charge in [0.05, 0.1) is 5.52 Å². The third-order valence-corrected chi connectivity index (χ3v) is 4.37. The van der Waals surface area contributed by atoms with Crippen molar-refractivity contribution in [2.24, 2.45) is 0 Å². The largest absolute Gasteiger partial charge is 0.348 e. The monoisotopic (exact) mass is 300 g/mol. The Bertz CT molecular complexity index is 668. The van der Waals surface area contributed by atoms with E-state index >= 15 is 0 Å². The lowest BCUT2D eigenvalue weighted by Gasteiger charge is -2.29. The number of aromatic nitrogens is 2. The third kappa shape index (κ3) is 2.86. The van der Waals surface area contributed by atoms with Crippen molar-refractivity contribution < 1.29 is 4.79 Å². The maximum absolute atomic E-state index is 12.6. The van der Waals surface area contributed by atoms with E-state index in [1.807, 2.05) is 28.9 Å². The Balaban J connectivity index is 1.85. The Labute approximate surface area is 131 Å². The second-order valence-corrected chi connectivity index (χ2v) is 6.46. The standard InChI is InChI=1S/C17H24N4O/c1-12(2)21-15-7-5-4-6-14(15)16(19-21)17(22)18-13-8-10-20(3)11-9-13/h4-7,12-13H,8-11H2,1-3H3,(H,18,22). The minimum atomic E-state index is -0.0508. The van der Waals surface area contributed by atoms with Crippen LogP contribution in [-0.4, -0.2) is 46.8 Å². The predicted molar refractivity (Wildman–Crippen MR) is 88.1 cm³/mol. The average Bonchev–Trinajstić information content (AvgIpc) is 2.89. The van der Waals surface area contributed by atoms with Crippen molar-refractivity contribution in [3.63, 3.8) is 0 Å². The second kappa shape index (κ2) is 6.08. The van der Waals surface area contributed by atoms with Gasteiger partial charge in [-0.2, -0.15) is 5.10 Å². The minimum Gasteiger partial charge on any atom is -0.348 e. The van der Waals surface area contributed by atoms with Gasteiger partial charge in [-0.3, -0.25) is 9.48 Å². The normalized spacial score (nSPS) is 17.3. The first-order valence-electron chi connectivity index (χ1n) is 8.03. The summed E-state index contributed by atoms with van der Waals surface area (Å²) in [5.41, 5.74) is 1.56. The summed E-state index contributed by atoms with van der Waals surface area (Å²) in [6, 6.07) is 8.43. The quantitative estimate of drug-likeness (QED) is 0.947. The van der Waals surface area contributed by atoms with Gasteiger partial charge in [-0.15, -0.1) is 0 Å². The molecule has 5 heteroatoms. The van der Waals surface area contributed by atoms with E-state index in [1.165, 1.54) is 0 Å². The van der Waals surface area contributed by atoms with E-state index in [0.717, 1.165) is 36.8 Å². The number of hydrogen-bond donors (Lipinski definition) is 1. The van der Waals surface area contributed by atoms with Crippen LogP contribution in [0.2, 0.25) is 0 Å². The molecule has 0 unspecified atom stereocenters. The highest BCUT2D eigenvalue weighted by Crippen LogP contribution is 2.22. The molecule has 1 aliphatic heterocycles. The highest BCUT2D eigenvalue weighted by atomic mass is 16.2. The molecule has 0 atom stereocenters. The molecular weight excluding hydrogens is 276 g/mol. The van der Waals surface area contributed by atoms with Crippen LogP contribution < -0.4 is 5.32 Å². The van der Waals surface area contributed by atoms with Gasteiger partial charge < -0.3 is 10.2 Å². The fraction of sp³-hybridized carbons (Fsp3) is 0.529. The second-order valence-electron chi connectivity index (χ2n) is 6.46. The van der Waals surface area contributed by atoms with E-state index in [-0.39, 0.29) is 18.0 Å². The number of benzene rings is 1. The van der Waals surface area contributed by atoms with E-state index in [2.05, 4.69) is 36.2 Å².